The van der Waals surface area contributed by atoms with E-state index in [1.165, 1.54) is 25.7 Å². The summed E-state index contributed by atoms with van der Waals surface area (Å²) in [6, 6.07) is 9.05. The Morgan fingerprint density at radius 2 is 1.96 bits per heavy atom. The number of nitrogens with zero attached hydrogens (tertiary/aromatic N) is 2. The van der Waals surface area contributed by atoms with Gasteiger partial charge in [0, 0.05) is 5.56 Å². The number of hydrogen-bond donors (Lipinski definition) is 1. The Labute approximate surface area is 148 Å². The average Bonchev–Trinajstić information content (AvgIpc) is 2.98. The van der Waals surface area contributed by atoms with Crippen LogP contribution in [0, 0.1) is 0 Å². The van der Waals surface area contributed by atoms with Crippen LogP contribution in [0.15, 0.2) is 34.9 Å². The number of hydrogen-bond acceptors (Lipinski definition) is 5. The van der Waals surface area contributed by atoms with E-state index in [-0.39, 0.29) is 24.7 Å². The van der Waals surface area contributed by atoms with Crippen molar-refractivity contribution in [1.82, 2.24) is 15.5 Å². The monoisotopic (exact) mass is 343 g/mol. The highest BCUT2D eigenvalue weighted by Gasteiger charge is 2.21. The molecule has 2 aromatic rings. The van der Waals surface area contributed by atoms with Gasteiger partial charge < -0.3 is 14.6 Å². The van der Waals surface area contributed by atoms with Gasteiger partial charge >= 0.3 is 0 Å². The predicted molar refractivity (Wildman–Crippen MR) is 92.9 cm³/mol. The van der Waals surface area contributed by atoms with E-state index >= 15 is 0 Å². The minimum atomic E-state index is -0.228. The molecule has 1 aliphatic carbocycles. The summed E-state index contributed by atoms with van der Waals surface area (Å²) in [6.07, 6.45) is 7.26. The fourth-order valence-electron chi connectivity index (χ4n) is 3.08. The highest BCUT2D eigenvalue weighted by Crippen LogP contribution is 2.25. The molecule has 1 aromatic heterocycles. The Hall–Kier alpha value is -2.21. The van der Waals surface area contributed by atoms with Crippen LogP contribution >= 0.6 is 0 Å². The molecule has 1 saturated carbocycles. The molecule has 0 saturated heterocycles. The quantitative estimate of drug-likeness (QED) is 0.807. The van der Waals surface area contributed by atoms with Gasteiger partial charge in [-0.3, -0.25) is 4.79 Å². The zero-order chi connectivity index (χ0) is 17.5. The van der Waals surface area contributed by atoms with Gasteiger partial charge in [0.15, 0.2) is 5.82 Å². The number of benzene rings is 1. The molecule has 6 nitrogen and oxygen atoms in total. The van der Waals surface area contributed by atoms with Crippen LogP contribution in [0.25, 0.3) is 0 Å². The first kappa shape index (κ1) is 17.6. The smallest absolute Gasteiger partial charge is 0.255 e. The van der Waals surface area contributed by atoms with Gasteiger partial charge in [-0.05, 0) is 31.9 Å². The predicted octanol–water partition coefficient (Wildman–Crippen LogP) is 3.80. The zero-order valence-electron chi connectivity index (χ0n) is 14.6. The maximum absolute atomic E-state index is 12.0. The van der Waals surface area contributed by atoms with Gasteiger partial charge in [-0.15, -0.1) is 0 Å². The van der Waals surface area contributed by atoms with Gasteiger partial charge in [-0.1, -0.05) is 49.0 Å². The first-order valence-electron chi connectivity index (χ1n) is 9.03. The van der Waals surface area contributed by atoms with Crippen molar-refractivity contribution in [2.24, 2.45) is 0 Å². The van der Waals surface area contributed by atoms with E-state index in [1.54, 1.807) is 12.1 Å². The maximum atomic E-state index is 12.0. The minimum absolute atomic E-state index is 0.158. The van der Waals surface area contributed by atoms with Gasteiger partial charge in [0.25, 0.3) is 11.8 Å². The van der Waals surface area contributed by atoms with Gasteiger partial charge in [0.1, 0.15) is 6.10 Å². The molecular formula is C19H25N3O3. The summed E-state index contributed by atoms with van der Waals surface area (Å²) < 4.78 is 11.4. The number of carbonyl (C=O) groups excluding carboxylic acids is 1. The third-order valence-corrected chi connectivity index (χ3v) is 4.47. The van der Waals surface area contributed by atoms with Crippen molar-refractivity contribution in [3.05, 3.63) is 47.6 Å². The fraction of sp³-hybridized carbons (Fsp3) is 0.526. The molecule has 1 fully saturated rings. The summed E-state index contributed by atoms with van der Waals surface area (Å²) in [7, 11) is 0. The van der Waals surface area contributed by atoms with Crippen molar-refractivity contribution in [3.8, 4) is 0 Å². The van der Waals surface area contributed by atoms with Crippen molar-refractivity contribution in [1.29, 1.82) is 0 Å². The van der Waals surface area contributed by atoms with Crippen LogP contribution in [0.3, 0.4) is 0 Å². The summed E-state index contributed by atoms with van der Waals surface area (Å²) in [6.45, 7) is 2.16. The molecule has 0 unspecified atom stereocenters. The van der Waals surface area contributed by atoms with E-state index in [4.69, 9.17) is 9.26 Å². The number of amides is 1. The van der Waals surface area contributed by atoms with Crippen LogP contribution in [0.2, 0.25) is 0 Å². The van der Waals surface area contributed by atoms with Gasteiger partial charge in [-0.2, -0.15) is 4.98 Å². The van der Waals surface area contributed by atoms with E-state index in [1.807, 2.05) is 25.1 Å². The summed E-state index contributed by atoms with van der Waals surface area (Å²) in [4.78, 5) is 16.4. The first-order valence-corrected chi connectivity index (χ1v) is 9.03. The summed E-state index contributed by atoms with van der Waals surface area (Å²) >= 11 is 0. The van der Waals surface area contributed by atoms with Crippen molar-refractivity contribution >= 4 is 5.91 Å². The fourth-order valence-corrected chi connectivity index (χ4v) is 3.08. The molecule has 0 spiro atoms. The molecule has 134 valence electrons. The molecule has 1 heterocycles. The van der Waals surface area contributed by atoms with Crippen molar-refractivity contribution in [2.75, 3.05) is 0 Å². The van der Waals surface area contributed by atoms with E-state index < -0.39 is 0 Å². The minimum Gasteiger partial charge on any atom is -0.365 e. The van der Waals surface area contributed by atoms with Crippen molar-refractivity contribution in [2.45, 2.75) is 64.2 Å². The molecule has 1 atom stereocenters. The molecule has 1 aromatic carbocycles. The summed E-state index contributed by atoms with van der Waals surface area (Å²) in [5.74, 6) is 0.763. The lowest BCUT2D eigenvalue weighted by molar-refractivity contribution is -0.0259. The van der Waals surface area contributed by atoms with Crippen LogP contribution in [0.4, 0.5) is 0 Å². The van der Waals surface area contributed by atoms with Crippen LogP contribution < -0.4 is 5.32 Å². The highest BCUT2D eigenvalue weighted by molar-refractivity contribution is 5.93. The summed E-state index contributed by atoms with van der Waals surface area (Å²) in [5, 5.41) is 6.73. The molecule has 1 amide bonds. The SMILES string of the molecule is C[C@@H](OC1CCCCCC1)c1nc(CNC(=O)c2ccccc2)no1. The average molecular weight is 343 g/mol. The second kappa shape index (κ2) is 8.76. The van der Waals surface area contributed by atoms with Crippen molar-refractivity contribution in [3.63, 3.8) is 0 Å². The molecule has 25 heavy (non-hydrogen) atoms. The molecule has 0 aliphatic heterocycles. The van der Waals surface area contributed by atoms with Crippen molar-refractivity contribution < 1.29 is 14.1 Å². The van der Waals surface area contributed by atoms with Gasteiger partial charge in [-0.25, -0.2) is 0 Å². The number of nitrogens with one attached hydrogen (secondary N) is 1. The molecule has 3 rings (SSSR count). The topological polar surface area (TPSA) is 77.2 Å². The summed E-state index contributed by atoms with van der Waals surface area (Å²) in [5.41, 5.74) is 0.608. The van der Waals surface area contributed by atoms with E-state index in [2.05, 4.69) is 15.5 Å². The second-order valence-corrected chi connectivity index (χ2v) is 6.49. The Morgan fingerprint density at radius 1 is 1.24 bits per heavy atom. The van der Waals surface area contributed by atoms with E-state index in [0.717, 1.165) is 12.8 Å². The van der Waals surface area contributed by atoms with E-state index in [0.29, 0.717) is 17.3 Å². The highest BCUT2D eigenvalue weighted by atomic mass is 16.5. The number of carbonyl (C=O) groups is 1. The molecule has 0 bridgehead atoms. The number of aromatic nitrogens is 2. The number of rotatable bonds is 6. The first-order chi connectivity index (χ1) is 12.2. The molecule has 0 radical (unpaired) electrons. The lowest BCUT2D eigenvalue weighted by atomic mass is 10.1. The maximum Gasteiger partial charge on any atom is 0.255 e. The molecular weight excluding hydrogens is 318 g/mol. The van der Waals surface area contributed by atoms with Gasteiger partial charge in [0.05, 0.1) is 12.6 Å². The second-order valence-electron chi connectivity index (χ2n) is 6.49. The van der Waals surface area contributed by atoms with Crippen LogP contribution in [0.1, 0.15) is 73.6 Å². The molecule has 1 N–H and O–H groups in total. The standard InChI is InChI=1S/C19H25N3O3/c1-14(24-16-11-7-2-3-8-12-16)19-21-17(22-25-19)13-20-18(23)15-9-5-4-6-10-15/h4-6,9-10,14,16H,2-3,7-8,11-13H2,1H3,(H,20,23)/t14-/m1/s1. The Bertz CT molecular complexity index is 664. The Balaban J connectivity index is 1.50. The van der Waals surface area contributed by atoms with Gasteiger partial charge in [0.2, 0.25) is 0 Å². The number of ether oxygens (including phenoxy) is 1. The van der Waals surface area contributed by atoms with Crippen LogP contribution in [-0.4, -0.2) is 22.2 Å². The third-order valence-electron chi connectivity index (χ3n) is 4.47. The largest absolute Gasteiger partial charge is 0.365 e. The third kappa shape index (κ3) is 5.13. The lowest BCUT2D eigenvalue weighted by Crippen LogP contribution is -2.23. The van der Waals surface area contributed by atoms with E-state index in [9.17, 15) is 4.79 Å². The van der Waals surface area contributed by atoms with Crippen LogP contribution in [-0.2, 0) is 11.3 Å². The van der Waals surface area contributed by atoms with Crippen LogP contribution in [0.5, 0.6) is 0 Å². The molecule has 6 heteroatoms. The lowest BCUT2D eigenvalue weighted by Gasteiger charge is -2.18. The molecule has 1 aliphatic rings. The zero-order valence-corrected chi connectivity index (χ0v) is 14.6. The Morgan fingerprint density at radius 3 is 2.68 bits per heavy atom. The normalized spacial score (nSPS) is 17.0. The Kier molecular flexibility index (Phi) is 6.17.